The zero-order valence-electron chi connectivity index (χ0n) is 10.7. The van der Waals surface area contributed by atoms with Crippen molar-refractivity contribution in [1.82, 2.24) is 14.6 Å². The molecule has 2 heterocycles. The molecular weight excluding hydrogens is 309 g/mol. The van der Waals surface area contributed by atoms with Crippen LogP contribution in [-0.2, 0) is 5.88 Å². The van der Waals surface area contributed by atoms with E-state index in [2.05, 4.69) is 21.5 Å². The Morgan fingerprint density at radius 1 is 1.29 bits per heavy atom. The van der Waals surface area contributed by atoms with Crippen molar-refractivity contribution in [2.75, 3.05) is 5.32 Å². The van der Waals surface area contributed by atoms with Crippen molar-refractivity contribution in [3.8, 4) is 6.07 Å². The van der Waals surface area contributed by atoms with E-state index in [0.717, 1.165) is 5.69 Å². The minimum atomic E-state index is 0.252. The van der Waals surface area contributed by atoms with Gasteiger partial charge in [-0.2, -0.15) is 14.9 Å². The van der Waals surface area contributed by atoms with Crippen LogP contribution in [0.15, 0.2) is 36.5 Å². The van der Waals surface area contributed by atoms with Gasteiger partial charge in [0.15, 0.2) is 5.65 Å². The summed E-state index contributed by atoms with van der Waals surface area (Å²) in [5.74, 6) is 0.932. The number of nitrogens with zero attached hydrogens (tertiary/aromatic N) is 4. The second-order valence-corrected chi connectivity index (χ2v) is 5.01. The van der Waals surface area contributed by atoms with Crippen LogP contribution < -0.4 is 5.32 Å². The number of hydrogen-bond donors (Lipinski definition) is 1. The van der Waals surface area contributed by atoms with E-state index in [-0.39, 0.29) is 5.88 Å². The van der Waals surface area contributed by atoms with Crippen LogP contribution in [0.5, 0.6) is 0 Å². The number of alkyl halides is 1. The molecule has 0 fully saturated rings. The number of nitriles is 1. The Morgan fingerprint density at radius 2 is 2.05 bits per heavy atom. The number of anilines is 2. The summed E-state index contributed by atoms with van der Waals surface area (Å²) in [6.45, 7) is 0. The topological polar surface area (TPSA) is 66.0 Å². The molecule has 5 nitrogen and oxygen atoms in total. The van der Waals surface area contributed by atoms with Gasteiger partial charge in [-0.05, 0) is 24.3 Å². The molecule has 21 heavy (non-hydrogen) atoms. The zero-order valence-corrected chi connectivity index (χ0v) is 12.2. The van der Waals surface area contributed by atoms with Crippen molar-refractivity contribution in [3.63, 3.8) is 0 Å². The Balaban J connectivity index is 2.10. The van der Waals surface area contributed by atoms with E-state index in [1.165, 1.54) is 6.20 Å². The molecule has 3 rings (SSSR count). The van der Waals surface area contributed by atoms with E-state index in [4.69, 9.17) is 28.5 Å². The van der Waals surface area contributed by atoms with Crippen LogP contribution in [0.3, 0.4) is 0 Å². The number of hydrogen-bond acceptors (Lipinski definition) is 4. The Labute approximate surface area is 130 Å². The maximum Gasteiger partial charge on any atom is 0.175 e. The molecule has 104 valence electrons. The first-order valence-electron chi connectivity index (χ1n) is 6.07. The summed E-state index contributed by atoms with van der Waals surface area (Å²) in [4.78, 5) is 4.33. The molecule has 1 aromatic carbocycles. The molecule has 3 aromatic rings. The molecule has 2 aromatic heterocycles. The van der Waals surface area contributed by atoms with Gasteiger partial charge in [0, 0.05) is 16.8 Å². The van der Waals surface area contributed by atoms with E-state index in [0.29, 0.717) is 27.7 Å². The largest absolute Gasteiger partial charge is 0.340 e. The summed E-state index contributed by atoms with van der Waals surface area (Å²) in [5.41, 5.74) is 2.40. The van der Waals surface area contributed by atoms with Gasteiger partial charge in [-0.15, -0.1) is 11.6 Å². The molecule has 7 heteroatoms. The molecule has 0 aliphatic rings. The molecule has 1 N–H and O–H groups in total. The predicted octanol–water partition coefficient (Wildman–Crippen LogP) is 3.74. The van der Waals surface area contributed by atoms with Crippen molar-refractivity contribution < 1.29 is 0 Å². The lowest BCUT2D eigenvalue weighted by molar-refractivity contribution is 0.935. The van der Waals surface area contributed by atoms with Gasteiger partial charge >= 0.3 is 0 Å². The van der Waals surface area contributed by atoms with Gasteiger partial charge in [-0.3, -0.25) is 0 Å². The van der Waals surface area contributed by atoms with E-state index >= 15 is 0 Å². The Morgan fingerprint density at radius 3 is 2.71 bits per heavy atom. The lowest BCUT2D eigenvalue weighted by atomic mass is 10.3. The van der Waals surface area contributed by atoms with Gasteiger partial charge in [0.05, 0.1) is 17.8 Å². The Bertz CT molecular complexity index is 833. The van der Waals surface area contributed by atoms with Crippen molar-refractivity contribution in [3.05, 3.63) is 52.8 Å². The first-order valence-corrected chi connectivity index (χ1v) is 6.99. The fraction of sp³-hybridized carbons (Fsp3) is 0.0714. The van der Waals surface area contributed by atoms with Crippen molar-refractivity contribution in [1.29, 1.82) is 5.26 Å². The first kappa shape index (κ1) is 13.7. The normalized spacial score (nSPS) is 10.5. The van der Waals surface area contributed by atoms with Gasteiger partial charge in [-0.25, -0.2) is 4.98 Å². The van der Waals surface area contributed by atoms with Crippen LogP contribution in [0, 0.1) is 11.3 Å². The van der Waals surface area contributed by atoms with Crippen molar-refractivity contribution >= 4 is 40.4 Å². The standard InChI is InChI=1S/C14H9Cl2N5/c15-6-12-5-13(19-11-3-1-10(16)2-4-11)21-14(20-12)9(7-17)8-18-21/h1-5,8,19H,6H2. The summed E-state index contributed by atoms with van der Waals surface area (Å²) in [6, 6.07) is 11.1. The summed E-state index contributed by atoms with van der Waals surface area (Å²) in [5, 5.41) is 17.1. The third kappa shape index (κ3) is 2.64. The van der Waals surface area contributed by atoms with Crippen LogP contribution in [0.4, 0.5) is 11.5 Å². The summed E-state index contributed by atoms with van der Waals surface area (Å²) < 4.78 is 1.57. The molecule has 0 bridgehead atoms. The lowest BCUT2D eigenvalue weighted by Crippen LogP contribution is -2.03. The molecule has 0 unspecified atom stereocenters. The van der Waals surface area contributed by atoms with Crippen LogP contribution in [-0.4, -0.2) is 14.6 Å². The van der Waals surface area contributed by atoms with Crippen LogP contribution in [0.25, 0.3) is 5.65 Å². The number of benzene rings is 1. The van der Waals surface area contributed by atoms with Crippen molar-refractivity contribution in [2.45, 2.75) is 5.88 Å². The monoisotopic (exact) mass is 317 g/mol. The van der Waals surface area contributed by atoms with Crippen LogP contribution >= 0.6 is 23.2 Å². The highest BCUT2D eigenvalue weighted by molar-refractivity contribution is 6.30. The highest BCUT2D eigenvalue weighted by atomic mass is 35.5. The van der Waals surface area contributed by atoms with E-state index < -0.39 is 0 Å². The Hall–Kier alpha value is -2.29. The maximum absolute atomic E-state index is 9.09. The van der Waals surface area contributed by atoms with Crippen LogP contribution in [0.2, 0.25) is 5.02 Å². The number of halogens is 2. The molecule has 0 aliphatic carbocycles. The SMILES string of the molecule is N#Cc1cnn2c(Nc3ccc(Cl)cc3)cc(CCl)nc12. The summed E-state index contributed by atoms with van der Waals surface area (Å²) in [7, 11) is 0. The Kier molecular flexibility index (Phi) is 3.65. The van der Waals surface area contributed by atoms with E-state index in [1.807, 2.05) is 12.1 Å². The maximum atomic E-state index is 9.09. The molecular formula is C14H9Cl2N5. The minimum Gasteiger partial charge on any atom is -0.340 e. The number of nitrogens with one attached hydrogen (secondary N) is 1. The highest BCUT2D eigenvalue weighted by Gasteiger charge is 2.11. The highest BCUT2D eigenvalue weighted by Crippen LogP contribution is 2.22. The summed E-state index contributed by atoms with van der Waals surface area (Å²) in [6.07, 6.45) is 1.48. The average Bonchev–Trinajstić information content (AvgIpc) is 2.92. The fourth-order valence-electron chi connectivity index (χ4n) is 1.93. The lowest BCUT2D eigenvalue weighted by Gasteiger charge is -2.09. The minimum absolute atomic E-state index is 0.252. The molecule has 0 saturated heterocycles. The quantitative estimate of drug-likeness (QED) is 0.747. The van der Waals surface area contributed by atoms with Gasteiger partial charge in [0.1, 0.15) is 17.5 Å². The van der Waals surface area contributed by atoms with E-state index in [9.17, 15) is 0 Å². The first-order chi connectivity index (χ1) is 10.2. The van der Waals surface area contributed by atoms with Crippen molar-refractivity contribution in [2.24, 2.45) is 0 Å². The van der Waals surface area contributed by atoms with Gasteiger partial charge in [-0.1, -0.05) is 11.6 Å². The van der Waals surface area contributed by atoms with Crippen LogP contribution in [0.1, 0.15) is 11.3 Å². The second kappa shape index (κ2) is 5.60. The average molecular weight is 318 g/mol. The van der Waals surface area contributed by atoms with Gasteiger partial charge < -0.3 is 5.32 Å². The smallest absolute Gasteiger partial charge is 0.175 e. The predicted molar refractivity (Wildman–Crippen MR) is 82.0 cm³/mol. The molecule has 0 saturated carbocycles. The number of aromatic nitrogens is 3. The molecule has 0 amide bonds. The van der Waals surface area contributed by atoms with Gasteiger partial charge in [0.2, 0.25) is 0 Å². The number of fused-ring (bicyclic) bond motifs is 1. The molecule has 0 aliphatic heterocycles. The molecule has 0 radical (unpaired) electrons. The second-order valence-electron chi connectivity index (χ2n) is 4.30. The molecule has 0 atom stereocenters. The van der Waals surface area contributed by atoms with E-state index in [1.54, 1.807) is 22.7 Å². The van der Waals surface area contributed by atoms with Gasteiger partial charge in [0.25, 0.3) is 0 Å². The number of rotatable bonds is 3. The fourth-order valence-corrected chi connectivity index (χ4v) is 2.19. The zero-order chi connectivity index (χ0) is 14.8. The third-order valence-electron chi connectivity index (χ3n) is 2.90. The third-order valence-corrected chi connectivity index (χ3v) is 3.42. The molecule has 0 spiro atoms. The summed E-state index contributed by atoms with van der Waals surface area (Å²) >= 11 is 11.7.